The molecule has 0 heterocycles. The van der Waals surface area contributed by atoms with Crippen LogP contribution in [0.1, 0.15) is 18.6 Å². The third-order valence-electron chi connectivity index (χ3n) is 3.30. The van der Waals surface area contributed by atoms with Crippen LogP contribution in [0.25, 0.3) is 0 Å². The number of carboxylic acid groups (broad SMARTS) is 1. The maximum Gasteiger partial charge on any atom is 0.407 e. The Bertz CT molecular complexity index is 464. The zero-order chi connectivity index (χ0) is 15.3. The van der Waals surface area contributed by atoms with Gasteiger partial charge in [-0.15, -0.1) is 0 Å². The van der Waals surface area contributed by atoms with Crippen molar-refractivity contribution < 1.29 is 19.8 Å². The number of hydrogen-bond donors (Lipinski definition) is 2. The van der Waals surface area contributed by atoms with Crippen molar-refractivity contribution in [3.8, 4) is 0 Å². The first-order chi connectivity index (χ1) is 9.34. The second kappa shape index (κ2) is 6.91. The molecule has 110 valence electrons. The molecule has 0 saturated carbocycles. The van der Waals surface area contributed by atoms with Gasteiger partial charge >= 0.3 is 6.09 Å². The van der Waals surface area contributed by atoms with Crippen LogP contribution in [0.2, 0.25) is 0 Å². The van der Waals surface area contributed by atoms with Gasteiger partial charge in [0.25, 0.3) is 0 Å². The highest BCUT2D eigenvalue weighted by molar-refractivity contribution is 5.81. The van der Waals surface area contributed by atoms with Gasteiger partial charge in [0.2, 0.25) is 5.91 Å². The summed E-state index contributed by atoms with van der Waals surface area (Å²) in [6.45, 7) is 1.48. The molecule has 0 unspecified atom stereocenters. The van der Waals surface area contributed by atoms with Gasteiger partial charge in [-0.1, -0.05) is 30.3 Å². The average Bonchev–Trinajstić information content (AvgIpc) is 2.45. The molecule has 20 heavy (non-hydrogen) atoms. The number of hydrogen-bond acceptors (Lipinski definition) is 3. The number of benzene rings is 1. The SMILES string of the molecule is C[C@H]([C@@H](O)c1ccccc1)N(C)C(=O)CN(C)C(=O)O. The molecule has 1 rings (SSSR count). The molecule has 2 amide bonds. The molecule has 0 aliphatic heterocycles. The van der Waals surface area contributed by atoms with Gasteiger partial charge in [0.15, 0.2) is 0 Å². The van der Waals surface area contributed by atoms with E-state index in [-0.39, 0.29) is 12.5 Å². The molecule has 0 radical (unpaired) electrons. The molecule has 2 N–H and O–H groups in total. The Labute approximate surface area is 118 Å². The summed E-state index contributed by atoms with van der Waals surface area (Å²) in [6, 6.07) is 8.58. The average molecular weight is 280 g/mol. The summed E-state index contributed by atoms with van der Waals surface area (Å²) >= 11 is 0. The van der Waals surface area contributed by atoms with Gasteiger partial charge in [-0.25, -0.2) is 4.79 Å². The predicted molar refractivity (Wildman–Crippen MR) is 74.3 cm³/mol. The van der Waals surface area contributed by atoms with Crippen LogP contribution in [0.15, 0.2) is 30.3 Å². The van der Waals surface area contributed by atoms with Gasteiger partial charge in [0, 0.05) is 14.1 Å². The van der Waals surface area contributed by atoms with Gasteiger partial charge < -0.3 is 20.0 Å². The fourth-order valence-electron chi connectivity index (χ4n) is 1.75. The molecule has 0 aliphatic rings. The molecule has 0 aromatic heterocycles. The van der Waals surface area contributed by atoms with Crippen LogP contribution in [0, 0.1) is 0 Å². The molecule has 0 aliphatic carbocycles. The molecular weight excluding hydrogens is 260 g/mol. The van der Waals surface area contributed by atoms with Crippen LogP contribution in [0.5, 0.6) is 0 Å². The van der Waals surface area contributed by atoms with Crippen molar-refractivity contribution in [3.05, 3.63) is 35.9 Å². The highest BCUT2D eigenvalue weighted by Crippen LogP contribution is 2.19. The second-order valence-electron chi connectivity index (χ2n) is 4.74. The molecule has 0 spiro atoms. The van der Waals surface area contributed by atoms with Crippen LogP contribution in [0.3, 0.4) is 0 Å². The number of carbonyl (C=O) groups excluding carboxylic acids is 1. The van der Waals surface area contributed by atoms with E-state index in [0.29, 0.717) is 5.56 Å². The Morgan fingerprint density at radius 2 is 1.75 bits per heavy atom. The number of rotatable bonds is 5. The Hall–Kier alpha value is -2.08. The lowest BCUT2D eigenvalue weighted by Gasteiger charge is -2.30. The van der Waals surface area contributed by atoms with Crippen LogP contribution in [-0.2, 0) is 4.79 Å². The van der Waals surface area contributed by atoms with Gasteiger partial charge in [0.05, 0.1) is 12.1 Å². The van der Waals surface area contributed by atoms with E-state index in [0.717, 1.165) is 4.90 Å². The topological polar surface area (TPSA) is 81.1 Å². The Balaban J connectivity index is 2.69. The minimum Gasteiger partial charge on any atom is -0.465 e. The maximum atomic E-state index is 11.9. The summed E-state index contributed by atoms with van der Waals surface area (Å²) in [5.74, 6) is -0.364. The van der Waals surface area contributed by atoms with Crippen molar-refractivity contribution in [2.24, 2.45) is 0 Å². The molecule has 2 atom stereocenters. The summed E-state index contributed by atoms with van der Waals surface area (Å²) in [7, 11) is 2.88. The monoisotopic (exact) mass is 280 g/mol. The van der Waals surface area contributed by atoms with Crippen molar-refractivity contribution >= 4 is 12.0 Å². The number of amides is 2. The third kappa shape index (κ3) is 3.96. The van der Waals surface area contributed by atoms with E-state index < -0.39 is 18.2 Å². The van der Waals surface area contributed by atoms with E-state index in [9.17, 15) is 14.7 Å². The summed E-state index contributed by atoms with van der Waals surface area (Å²) < 4.78 is 0. The molecule has 6 nitrogen and oxygen atoms in total. The normalized spacial score (nSPS) is 13.4. The van der Waals surface area contributed by atoms with Crippen LogP contribution in [0.4, 0.5) is 4.79 Å². The summed E-state index contributed by atoms with van der Waals surface area (Å²) in [5, 5.41) is 19.0. The van der Waals surface area contributed by atoms with Gasteiger partial charge in [-0.05, 0) is 12.5 Å². The van der Waals surface area contributed by atoms with E-state index in [1.165, 1.54) is 11.9 Å². The third-order valence-corrected chi connectivity index (χ3v) is 3.30. The molecule has 0 fully saturated rings. The number of nitrogens with zero attached hydrogens (tertiary/aromatic N) is 2. The lowest BCUT2D eigenvalue weighted by atomic mass is 10.0. The predicted octanol–water partition coefficient (Wildman–Crippen LogP) is 1.18. The number of aliphatic hydroxyl groups excluding tert-OH is 1. The Morgan fingerprint density at radius 1 is 1.20 bits per heavy atom. The minimum atomic E-state index is -1.16. The second-order valence-corrected chi connectivity index (χ2v) is 4.74. The van der Waals surface area contributed by atoms with Gasteiger partial charge in [0.1, 0.15) is 6.54 Å². The van der Waals surface area contributed by atoms with E-state index in [1.54, 1.807) is 26.1 Å². The Kier molecular flexibility index (Phi) is 5.52. The van der Waals surface area contributed by atoms with Crippen molar-refractivity contribution in [2.45, 2.75) is 19.1 Å². The maximum absolute atomic E-state index is 11.9. The highest BCUT2D eigenvalue weighted by atomic mass is 16.4. The van der Waals surface area contributed by atoms with Crippen LogP contribution < -0.4 is 0 Å². The standard InChI is InChI=1S/C14H20N2O4/c1-10(13(18)11-7-5-4-6-8-11)16(3)12(17)9-15(2)14(19)20/h4-8,10,13,18H,9H2,1-3H3,(H,19,20)/t10-,13-/m1/s1. The Morgan fingerprint density at radius 3 is 2.25 bits per heavy atom. The number of carbonyl (C=O) groups is 2. The lowest BCUT2D eigenvalue weighted by Crippen LogP contribution is -2.44. The first kappa shape index (κ1) is 16.0. The first-order valence-corrected chi connectivity index (χ1v) is 6.27. The molecule has 6 heteroatoms. The van der Waals surface area contributed by atoms with E-state index in [1.807, 2.05) is 18.2 Å². The quantitative estimate of drug-likeness (QED) is 0.848. The molecule has 1 aromatic carbocycles. The van der Waals surface area contributed by atoms with Gasteiger partial charge in [-0.2, -0.15) is 0 Å². The van der Waals surface area contributed by atoms with Crippen molar-refractivity contribution in [3.63, 3.8) is 0 Å². The van der Waals surface area contributed by atoms with Crippen molar-refractivity contribution in [2.75, 3.05) is 20.6 Å². The van der Waals surface area contributed by atoms with Crippen molar-refractivity contribution in [1.82, 2.24) is 9.80 Å². The number of likely N-dealkylation sites (N-methyl/N-ethyl adjacent to an activating group) is 2. The molecule has 0 saturated heterocycles. The number of aliphatic hydroxyl groups is 1. The zero-order valence-corrected chi connectivity index (χ0v) is 11.9. The molecule has 0 bridgehead atoms. The summed E-state index contributed by atoms with van der Waals surface area (Å²) in [5.41, 5.74) is 0.714. The van der Waals surface area contributed by atoms with Crippen LogP contribution in [-0.4, -0.2) is 58.7 Å². The van der Waals surface area contributed by atoms with Crippen LogP contribution >= 0.6 is 0 Å². The summed E-state index contributed by atoms with van der Waals surface area (Å²) in [4.78, 5) is 24.9. The molecular formula is C14H20N2O4. The first-order valence-electron chi connectivity index (χ1n) is 6.27. The zero-order valence-electron chi connectivity index (χ0n) is 11.9. The van der Waals surface area contributed by atoms with Gasteiger partial charge in [-0.3, -0.25) is 4.79 Å². The fraction of sp³-hybridized carbons (Fsp3) is 0.429. The lowest BCUT2D eigenvalue weighted by molar-refractivity contribution is -0.134. The minimum absolute atomic E-state index is 0.238. The summed E-state index contributed by atoms with van der Waals surface area (Å²) in [6.07, 6.45) is -1.98. The van der Waals surface area contributed by atoms with Crippen molar-refractivity contribution in [1.29, 1.82) is 0 Å². The largest absolute Gasteiger partial charge is 0.465 e. The highest BCUT2D eigenvalue weighted by Gasteiger charge is 2.25. The van der Waals surface area contributed by atoms with E-state index >= 15 is 0 Å². The van der Waals surface area contributed by atoms with E-state index in [2.05, 4.69) is 0 Å². The smallest absolute Gasteiger partial charge is 0.407 e. The molecule has 1 aromatic rings. The fourth-order valence-corrected chi connectivity index (χ4v) is 1.75. The van der Waals surface area contributed by atoms with E-state index in [4.69, 9.17) is 5.11 Å².